The molecule has 0 radical (unpaired) electrons. The van der Waals surface area contributed by atoms with Crippen LogP contribution >= 0.6 is 0 Å². The summed E-state index contributed by atoms with van der Waals surface area (Å²) >= 11 is 0. The van der Waals surface area contributed by atoms with E-state index in [2.05, 4.69) is 0 Å². The van der Waals surface area contributed by atoms with Crippen LogP contribution in [0, 0.1) is 10.1 Å². The van der Waals surface area contributed by atoms with Crippen LogP contribution in [0.2, 0.25) is 0 Å². The van der Waals surface area contributed by atoms with E-state index in [1.807, 2.05) is 12.1 Å². The zero-order valence-electron chi connectivity index (χ0n) is 12.7. The lowest BCUT2D eigenvalue weighted by atomic mass is 10.1. The Morgan fingerprint density at radius 1 is 1.21 bits per heavy atom. The molecule has 3 aromatic rings. The highest BCUT2D eigenvalue weighted by Crippen LogP contribution is 2.28. The molecule has 0 N–H and O–H groups in total. The molecule has 0 saturated carbocycles. The molecular weight excluding hydrogens is 314 g/mol. The topological polar surface area (TPSA) is 91.8 Å². The second-order valence-electron chi connectivity index (χ2n) is 4.98. The van der Waals surface area contributed by atoms with Crippen molar-refractivity contribution in [2.75, 3.05) is 7.11 Å². The molecule has 7 nitrogen and oxygen atoms in total. The lowest BCUT2D eigenvalue weighted by Crippen LogP contribution is -2.10. The highest BCUT2D eigenvalue weighted by Gasteiger charge is 2.22. The number of nitro groups is 1. The van der Waals surface area contributed by atoms with Crippen LogP contribution in [0.3, 0.4) is 0 Å². The summed E-state index contributed by atoms with van der Waals surface area (Å²) in [6.45, 7) is 0.177. The van der Waals surface area contributed by atoms with Gasteiger partial charge in [0.25, 0.3) is 5.69 Å². The minimum atomic E-state index is -0.737. The Kier molecular flexibility index (Phi) is 4.26. The number of nitro benzene ring substituents is 1. The first-order valence-electron chi connectivity index (χ1n) is 7.06. The van der Waals surface area contributed by atoms with Gasteiger partial charge >= 0.3 is 5.97 Å². The molecule has 1 aromatic heterocycles. The van der Waals surface area contributed by atoms with Crippen LogP contribution < -0.4 is 4.74 Å². The van der Waals surface area contributed by atoms with E-state index >= 15 is 0 Å². The van der Waals surface area contributed by atoms with Crippen molar-refractivity contribution in [1.82, 2.24) is 0 Å². The van der Waals surface area contributed by atoms with Gasteiger partial charge in [-0.1, -0.05) is 24.3 Å². The van der Waals surface area contributed by atoms with Crippen molar-refractivity contribution >= 4 is 22.6 Å². The number of carbonyl (C=O) groups excluding carboxylic acids is 1. The van der Waals surface area contributed by atoms with Gasteiger partial charge in [0.15, 0.2) is 0 Å². The molecule has 0 bridgehead atoms. The maximum atomic E-state index is 12.4. The van der Waals surface area contributed by atoms with E-state index in [9.17, 15) is 14.9 Å². The highest BCUT2D eigenvalue weighted by molar-refractivity contribution is 5.97. The number of nitrogens with zero attached hydrogens (tertiary/aromatic N) is 1. The third-order valence-corrected chi connectivity index (χ3v) is 3.41. The summed E-state index contributed by atoms with van der Waals surface area (Å²) in [6, 6.07) is 12.6. The van der Waals surface area contributed by atoms with E-state index in [0.29, 0.717) is 11.1 Å². The Labute approximate surface area is 136 Å². The van der Waals surface area contributed by atoms with Gasteiger partial charge in [-0.2, -0.15) is 0 Å². The monoisotopic (exact) mass is 327 g/mol. The van der Waals surface area contributed by atoms with Gasteiger partial charge in [-0.3, -0.25) is 10.1 Å². The number of furan rings is 1. The van der Waals surface area contributed by atoms with E-state index in [0.717, 1.165) is 5.39 Å². The maximum Gasteiger partial charge on any atom is 0.380 e. The summed E-state index contributed by atoms with van der Waals surface area (Å²) in [7, 11) is 1.51. The number of hydrogen-bond donors (Lipinski definition) is 0. The molecule has 1 heterocycles. The number of ether oxygens (including phenoxy) is 2. The SMILES string of the molecule is COCc1c(C(=O)Oc2cccc([N+](=O)[O-])c2)oc2ccccc12. The van der Waals surface area contributed by atoms with Gasteiger partial charge in [0.05, 0.1) is 17.6 Å². The Hall–Kier alpha value is -3.19. The van der Waals surface area contributed by atoms with Gasteiger partial charge < -0.3 is 13.9 Å². The van der Waals surface area contributed by atoms with Crippen LogP contribution in [-0.2, 0) is 11.3 Å². The molecule has 0 fully saturated rings. The summed E-state index contributed by atoms with van der Waals surface area (Å²) in [5.41, 5.74) is 0.945. The number of carbonyl (C=O) groups is 1. The molecule has 0 aliphatic carbocycles. The van der Waals surface area contributed by atoms with E-state index in [4.69, 9.17) is 13.9 Å². The molecule has 2 aromatic carbocycles. The van der Waals surface area contributed by atoms with Crippen LogP contribution in [0.1, 0.15) is 16.1 Å². The third kappa shape index (κ3) is 2.97. The molecule has 7 heteroatoms. The molecule has 0 spiro atoms. The molecule has 0 unspecified atom stereocenters. The summed E-state index contributed by atoms with van der Waals surface area (Å²) < 4.78 is 15.9. The second kappa shape index (κ2) is 6.51. The van der Waals surface area contributed by atoms with Crippen LogP contribution in [0.15, 0.2) is 52.9 Å². The largest absolute Gasteiger partial charge is 0.449 e. The summed E-state index contributed by atoms with van der Waals surface area (Å²) in [4.78, 5) is 22.7. The van der Waals surface area contributed by atoms with Crippen molar-refractivity contribution in [3.63, 3.8) is 0 Å². The zero-order chi connectivity index (χ0) is 17.1. The number of rotatable bonds is 5. The fraction of sp³-hybridized carbons (Fsp3) is 0.118. The summed E-state index contributed by atoms with van der Waals surface area (Å²) in [5.74, 6) is -0.652. The standard InChI is InChI=1S/C17H13NO6/c1-22-10-14-13-7-2-3-8-15(13)24-16(14)17(19)23-12-6-4-5-11(9-12)18(20)21/h2-9H,10H2,1H3. The fourth-order valence-electron chi connectivity index (χ4n) is 2.37. The molecule has 0 amide bonds. The average molecular weight is 327 g/mol. The minimum Gasteiger partial charge on any atom is -0.449 e. The second-order valence-corrected chi connectivity index (χ2v) is 4.98. The van der Waals surface area contributed by atoms with Crippen molar-refractivity contribution in [2.45, 2.75) is 6.61 Å². The maximum absolute atomic E-state index is 12.4. The van der Waals surface area contributed by atoms with Gasteiger partial charge in [0.2, 0.25) is 5.76 Å². The highest BCUT2D eigenvalue weighted by atomic mass is 16.6. The van der Waals surface area contributed by atoms with Gasteiger partial charge in [-0.15, -0.1) is 0 Å². The predicted molar refractivity (Wildman–Crippen MR) is 85.0 cm³/mol. The molecule has 0 aliphatic heterocycles. The van der Waals surface area contributed by atoms with Crippen molar-refractivity contribution < 1.29 is 23.6 Å². The average Bonchev–Trinajstić information content (AvgIpc) is 2.94. The van der Waals surface area contributed by atoms with E-state index in [1.165, 1.54) is 31.4 Å². The normalized spacial score (nSPS) is 10.7. The molecule has 0 aliphatic rings. The van der Waals surface area contributed by atoms with Crippen molar-refractivity contribution in [3.8, 4) is 5.75 Å². The van der Waals surface area contributed by atoms with Crippen LogP contribution in [-0.4, -0.2) is 18.0 Å². The number of esters is 1. The van der Waals surface area contributed by atoms with Gasteiger partial charge in [-0.05, 0) is 12.1 Å². The van der Waals surface area contributed by atoms with Gasteiger partial charge in [-0.25, -0.2) is 4.79 Å². The first kappa shape index (κ1) is 15.7. The molecule has 3 rings (SSSR count). The molecule has 24 heavy (non-hydrogen) atoms. The number of fused-ring (bicyclic) bond motifs is 1. The Balaban J connectivity index is 1.95. The van der Waals surface area contributed by atoms with Crippen LogP contribution in [0.5, 0.6) is 5.75 Å². The third-order valence-electron chi connectivity index (χ3n) is 3.41. The molecule has 122 valence electrons. The Morgan fingerprint density at radius 2 is 2.00 bits per heavy atom. The van der Waals surface area contributed by atoms with E-state index in [1.54, 1.807) is 12.1 Å². The number of para-hydroxylation sites is 1. The first-order valence-corrected chi connectivity index (χ1v) is 7.06. The summed E-state index contributed by atoms with van der Waals surface area (Å²) in [5, 5.41) is 11.6. The smallest absolute Gasteiger partial charge is 0.380 e. The number of non-ortho nitro benzene ring substituents is 1. The van der Waals surface area contributed by atoms with Crippen molar-refractivity contribution in [1.29, 1.82) is 0 Å². The molecular formula is C17H13NO6. The predicted octanol–water partition coefficient (Wildman–Crippen LogP) is 3.71. The van der Waals surface area contributed by atoms with Crippen molar-refractivity contribution in [3.05, 3.63) is 70.0 Å². The van der Waals surface area contributed by atoms with E-state index < -0.39 is 10.9 Å². The zero-order valence-corrected chi connectivity index (χ0v) is 12.7. The molecule has 0 atom stereocenters. The van der Waals surface area contributed by atoms with Gasteiger partial charge in [0, 0.05) is 24.1 Å². The van der Waals surface area contributed by atoms with E-state index in [-0.39, 0.29) is 23.8 Å². The number of methoxy groups -OCH3 is 1. The molecule has 0 saturated heterocycles. The van der Waals surface area contributed by atoms with Gasteiger partial charge in [0.1, 0.15) is 11.3 Å². The lowest BCUT2D eigenvalue weighted by Gasteiger charge is -2.04. The fourth-order valence-corrected chi connectivity index (χ4v) is 2.37. The first-order chi connectivity index (χ1) is 11.6. The Bertz CT molecular complexity index is 914. The van der Waals surface area contributed by atoms with Crippen LogP contribution in [0.4, 0.5) is 5.69 Å². The quantitative estimate of drug-likeness (QED) is 0.307. The van der Waals surface area contributed by atoms with Crippen molar-refractivity contribution in [2.24, 2.45) is 0 Å². The summed E-state index contributed by atoms with van der Waals surface area (Å²) in [6.07, 6.45) is 0. The lowest BCUT2D eigenvalue weighted by molar-refractivity contribution is -0.384. The number of benzene rings is 2. The minimum absolute atomic E-state index is 0.0181. The number of hydrogen-bond acceptors (Lipinski definition) is 6. The van der Waals surface area contributed by atoms with Crippen LogP contribution in [0.25, 0.3) is 11.0 Å². The Morgan fingerprint density at radius 3 is 2.75 bits per heavy atom.